The summed E-state index contributed by atoms with van der Waals surface area (Å²) in [5.74, 6) is 0. The third-order valence-electron chi connectivity index (χ3n) is 4.50. The Balaban J connectivity index is 1.51. The minimum Gasteiger partial charge on any atom is -0.422 e. The van der Waals surface area contributed by atoms with Crippen molar-refractivity contribution in [3.63, 3.8) is 0 Å². The molecule has 138 valence electrons. The first-order valence-corrected chi connectivity index (χ1v) is 10.1. The Hall–Kier alpha value is -2.60. The number of hydrogen-bond acceptors (Lipinski definition) is 4. The fraction of sp³-hybridized carbons (Fsp3) is 0.0476. The van der Waals surface area contributed by atoms with E-state index in [0.29, 0.717) is 33.3 Å². The monoisotopic (exact) mass is 426 g/mol. The number of nitrogens with zero attached hydrogens (tertiary/aromatic N) is 2. The van der Waals surface area contributed by atoms with Crippen LogP contribution in [0.2, 0.25) is 10.0 Å². The normalized spacial score (nSPS) is 11.5. The van der Waals surface area contributed by atoms with Crippen molar-refractivity contribution in [2.45, 2.75) is 6.42 Å². The first-order valence-electron chi connectivity index (χ1n) is 8.51. The van der Waals surface area contributed by atoms with E-state index in [9.17, 15) is 4.79 Å². The van der Waals surface area contributed by atoms with Gasteiger partial charge in [-0.1, -0.05) is 47.5 Å². The highest BCUT2D eigenvalue weighted by molar-refractivity contribution is 7.17. The van der Waals surface area contributed by atoms with Crippen LogP contribution in [0.5, 0.6) is 0 Å². The van der Waals surface area contributed by atoms with Crippen LogP contribution >= 0.6 is 34.5 Å². The molecule has 0 aliphatic carbocycles. The van der Waals surface area contributed by atoms with E-state index < -0.39 is 5.63 Å². The Morgan fingerprint density at radius 3 is 2.75 bits per heavy atom. The zero-order valence-electron chi connectivity index (χ0n) is 14.4. The van der Waals surface area contributed by atoms with Gasteiger partial charge in [0.1, 0.15) is 5.58 Å². The van der Waals surface area contributed by atoms with E-state index in [1.165, 1.54) is 0 Å². The smallest absolute Gasteiger partial charge is 0.345 e. The molecule has 4 nitrogen and oxygen atoms in total. The summed E-state index contributed by atoms with van der Waals surface area (Å²) in [5, 5.41) is 2.13. The molecule has 0 aliphatic heterocycles. The summed E-state index contributed by atoms with van der Waals surface area (Å²) in [4.78, 5) is 18.9. The summed E-state index contributed by atoms with van der Waals surface area (Å²) in [7, 11) is 0. The predicted molar refractivity (Wildman–Crippen MR) is 114 cm³/mol. The average molecular weight is 427 g/mol. The van der Waals surface area contributed by atoms with Gasteiger partial charge in [0.05, 0.1) is 11.3 Å². The van der Waals surface area contributed by atoms with E-state index in [0.717, 1.165) is 20.8 Å². The summed E-state index contributed by atoms with van der Waals surface area (Å²) in [5.41, 5.74) is 2.24. The summed E-state index contributed by atoms with van der Waals surface area (Å²) in [6.45, 7) is 0. The SMILES string of the molecule is O=c1oc2ccccc2cc1-c1cn2cc(Cc3ccc(Cl)cc3Cl)sc2n1. The first-order chi connectivity index (χ1) is 13.6. The number of aromatic nitrogens is 2. The minimum atomic E-state index is -0.391. The average Bonchev–Trinajstić information content (AvgIpc) is 3.22. The van der Waals surface area contributed by atoms with Crippen molar-refractivity contribution in [2.24, 2.45) is 0 Å². The summed E-state index contributed by atoms with van der Waals surface area (Å²) < 4.78 is 7.34. The number of para-hydroxylation sites is 1. The lowest BCUT2D eigenvalue weighted by molar-refractivity contribution is 0.563. The van der Waals surface area contributed by atoms with Crippen LogP contribution in [0.3, 0.4) is 0 Å². The van der Waals surface area contributed by atoms with Crippen LogP contribution in [0.25, 0.3) is 27.2 Å². The van der Waals surface area contributed by atoms with Crippen LogP contribution in [-0.4, -0.2) is 9.38 Å². The van der Waals surface area contributed by atoms with Crippen molar-refractivity contribution in [3.05, 3.63) is 91.8 Å². The Morgan fingerprint density at radius 1 is 1.07 bits per heavy atom. The van der Waals surface area contributed by atoms with Gasteiger partial charge in [0.25, 0.3) is 0 Å². The predicted octanol–water partition coefficient (Wildman–Crippen LogP) is 6.07. The quantitative estimate of drug-likeness (QED) is 0.329. The zero-order chi connectivity index (χ0) is 19.3. The zero-order valence-corrected chi connectivity index (χ0v) is 16.7. The van der Waals surface area contributed by atoms with E-state index in [1.54, 1.807) is 23.5 Å². The van der Waals surface area contributed by atoms with Crippen molar-refractivity contribution in [1.29, 1.82) is 0 Å². The summed E-state index contributed by atoms with van der Waals surface area (Å²) in [6, 6.07) is 14.8. The van der Waals surface area contributed by atoms with E-state index in [-0.39, 0.29) is 0 Å². The van der Waals surface area contributed by atoms with Crippen molar-refractivity contribution in [3.8, 4) is 11.3 Å². The number of benzene rings is 2. The van der Waals surface area contributed by atoms with E-state index in [1.807, 2.05) is 53.2 Å². The van der Waals surface area contributed by atoms with Gasteiger partial charge in [-0.25, -0.2) is 9.78 Å². The van der Waals surface area contributed by atoms with Crippen LogP contribution in [0.4, 0.5) is 0 Å². The summed E-state index contributed by atoms with van der Waals surface area (Å²) >= 11 is 13.8. The maximum absolute atomic E-state index is 12.4. The molecule has 0 aliphatic rings. The van der Waals surface area contributed by atoms with Gasteiger partial charge in [0.15, 0.2) is 4.96 Å². The molecule has 3 aromatic heterocycles. The molecule has 3 heterocycles. The molecule has 0 saturated heterocycles. The van der Waals surface area contributed by atoms with Crippen LogP contribution in [-0.2, 0) is 6.42 Å². The van der Waals surface area contributed by atoms with Gasteiger partial charge >= 0.3 is 5.63 Å². The lowest BCUT2D eigenvalue weighted by Gasteiger charge is -2.02. The van der Waals surface area contributed by atoms with Crippen molar-refractivity contribution >= 4 is 50.5 Å². The van der Waals surface area contributed by atoms with Gasteiger partial charge in [0.2, 0.25) is 0 Å². The number of rotatable bonds is 3. The number of hydrogen-bond donors (Lipinski definition) is 0. The molecule has 2 aromatic carbocycles. The lowest BCUT2D eigenvalue weighted by Crippen LogP contribution is -2.02. The topological polar surface area (TPSA) is 47.5 Å². The van der Waals surface area contributed by atoms with E-state index in [2.05, 4.69) is 4.98 Å². The maximum atomic E-state index is 12.4. The standard InChI is InChI=1S/C21H12Cl2N2O2S/c22-14-6-5-12(17(23)9-14)7-15-10-25-11-18(24-21(25)28-15)16-8-13-3-1-2-4-19(13)27-20(16)26/h1-6,8-11H,7H2. The lowest BCUT2D eigenvalue weighted by atomic mass is 10.1. The molecule has 0 unspecified atom stereocenters. The highest BCUT2D eigenvalue weighted by atomic mass is 35.5. The minimum absolute atomic E-state index is 0.391. The molecule has 0 bridgehead atoms. The molecule has 0 spiro atoms. The van der Waals surface area contributed by atoms with Crippen LogP contribution in [0.15, 0.2) is 70.1 Å². The van der Waals surface area contributed by atoms with E-state index in [4.69, 9.17) is 27.6 Å². The number of fused-ring (bicyclic) bond motifs is 2. The fourth-order valence-electron chi connectivity index (χ4n) is 3.15. The fourth-order valence-corrected chi connectivity index (χ4v) is 4.61. The second-order valence-electron chi connectivity index (χ2n) is 6.41. The molecule has 7 heteroatoms. The van der Waals surface area contributed by atoms with Gasteiger partial charge in [-0.3, -0.25) is 4.40 Å². The Bertz CT molecular complexity index is 1370. The van der Waals surface area contributed by atoms with Crippen LogP contribution in [0.1, 0.15) is 10.4 Å². The number of imidazole rings is 1. The third-order valence-corrected chi connectivity index (χ3v) is 6.08. The number of thiazole rings is 1. The second kappa shape index (κ2) is 6.78. The van der Waals surface area contributed by atoms with Gasteiger partial charge in [-0.2, -0.15) is 0 Å². The third kappa shape index (κ3) is 3.11. The van der Waals surface area contributed by atoms with Gasteiger partial charge < -0.3 is 4.42 Å². The molecule has 0 N–H and O–H groups in total. The van der Waals surface area contributed by atoms with Gasteiger partial charge in [0, 0.05) is 39.1 Å². The molecular weight excluding hydrogens is 415 g/mol. The number of halogens is 2. The Labute approximate surface area is 173 Å². The van der Waals surface area contributed by atoms with Crippen molar-refractivity contribution < 1.29 is 4.42 Å². The summed E-state index contributed by atoms with van der Waals surface area (Å²) in [6.07, 6.45) is 4.54. The molecule has 0 saturated carbocycles. The maximum Gasteiger partial charge on any atom is 0.345 e. The van der Waals surface area contributed by atoms with E-state index >= 15 is 0 Å². The van der Waals surface area contributed by atoms with Crippen LogP contribution in [0, 0.1) is 0 Å². The molecule has 28 heavy (non-hydrogen) atoms. The second-order valence-corrected chi connectivity index (χ2v) is 8.35. The highest BCUT2D eigenvalue weighted by Gasteiger charge is 2.14. The molecule has 5 aromatic rings. The molecule has 0 atom stereocenters. The van der Waals surface area contributed by atoms with Gasteiger partial charge in [-0.15, -0.1) is 11.3 Å². The van der Waals surface area contributed by atoms with Crippen molar-refractivity contribution in [1.82, 2.24) is 9.38 Å². The Morgan fingerprint density at radius 2 is 1.93 bits per heavy atom. The molecule has 5 rings (SSSR count). The molecule has 0 fully saturated rings. The molecule has 0 radical (unpaired) electrons. The molecule has 0 amide bonds. The molecular formula is C21H12Cl2N2O2S. The van der Waals surface area contributed by atoms with Crippen LogP contribution < -0.4 is 5.63 Å². The van der Waals surface area contributed by atoms with Crippen molar-refractivity contribution in [2.75, 3.05) is 0 Å². The Kier molecular flexibility index (Phi) is 4.23. The highest BCUT2D eigenvalue weighted by Crippen LogP contribution is 2.28. The first kappa shape index (κ1) is 17.5. The largest absolute Gasteiger partial charge is 0.422 e. The van der Waals surface area contributed by atoms with Gasteiger partial charge in [-0.05, 0) is 29.8 Å².